The number of amides is 1. The summed E-state index contributed by atoms with van der Waals surface area (Å²) in [6, 6.07) is 15.7. The molecule has 232 valence electrons. The average molecular weight is 617 g/mol. The molecule has 43 heavy (non-hydrogen) atoms. The molecule has 0 aliphatic heterocycles. The Kier molecular flexibility index (Phi) is 14.1. The van der Waals surface area contributed by atoms with E-state index in [9.17, 15) is 27.1 Å². The third-order valence-corrected chi connectivity index (χ3v) is 8.90. The molecule has 0 fully saturated rings. The van der Waals surface area contributed by atoms with Crippen molar-refractivity contribution in [3.05, 3.63) is 113 Å². The molecule has 3 rings (SSSR count). The van der Waals surface area contributed by atoms with Crippen molar-refractivity contribution in [2.75, 3.05) is 6.54 Å². The van der Waals surface area contributed by atoms with Gasteiger partial charge in [0.25, 0.3) is 12.4 Å². The molecule has 3 aromatic carbocycles. The van der Waals surface area contributed by atoms with Crippen molar-refractivity contribution in [2.45, 2.75) is 61.9 Å². The molecule has 0 aliphatic carbocycles. The summed E-state index contributed by atoms with van der Waals surface area (Å²) in [6.45, 7) is 7.58. The quantitative estimate of drug-likeness (QED) is 0.155. The number of hydrogen-bond donors (Lipinski definition) is 4. The Morgan fingerprint density at radius 1 is 1.00 bits per heavy atom. The molecule has 1 unspecified atom stereocenters. The van der Waals surface area contributed by atoms with E-state index >= 15 is 0 Å². The summed E-state index contributed by atoms with van der Waals surface area (Å²) in [6.07, 6.45) is 1.61. The molecule has 3 aromatic rings. The van der Waals surface area contributed by atoms with Crippen molar-refractivity contribution in [3.63, 3.8) is 0 Å². The number of allylic oxidation sites excluding steroid dienone is 1. The number of benzene rings is 3. The normalized spacial score (nSPS) is 13.1. The highest BCUT2D eigenvalue weighted by atomic mass is 32.2. The van der Waals surface area contributed by atoms with E-state index in [0.29, 0.717) is 13.0 Å². The van der Waals surface area contributed by atoms with Crippen LogP contribution in [0.2, 0.25) is 0 Å². The molecule has 0 heterocycles. The molecule has 4 N–H and O–H groups in total. The van der Waals surface area contributed by atoms with Crippen molar-refractivity contribution in [3.8, 4) is 0 Å². The number of carbonyl (C=O) groups is 2. The lowest BCUT2D eigenvalue weighted by atomic mass is 10.00. The van der Waals surface area contributed by atoms with Crippen LogP contribution in [0.15, 0.2) is 84.3 Å². The van der Waals surface area contributed by atoms with E-state index in [1.165, 1.54) is 35.9 Å². The van der Waals surface area contributed by atoms with Gasteiger partial charge in [-0.2, -0.15) is 0 Å². The van der Waals surface area contributed by atoms with Crippen LogP contribution in [-0.4, -0.2) is 55.0 Å². The van der Waals surface area contributed by atoms with E-state index in [4.69, 9.17) is 9.90 Å². The molecule has 0 bridgehead atoms. The zero-order valence-corrected chi connectivity index (χ0v) is 25.0. The van der Waals surface area contributed by atoms with Crippen molar-refractivity contribution >= 4 is 22.2 Å². The van der Waals surface area contributed by atoms with Gasteiger partial charge in [-0.1, -0.05) is 37.3 Å². The van der Waals surface area contributed by atoms with Gasteiger partial charge in [0.1, 0.15) is 11.6 Å². The van der Waals surface area contributed by atoms with E-state index in [2.05, 4.69) is 30.2 Å². The molecule has 0 spiro atoms. The summed E-state index contributed by atoms with van der Waals surface area (Å²) in [5, 5.41) is 23.2. The van der Waals surface area contributed by atoms with Crippen LogP contribution in [0.3, 0.4) is 0 Å². The molecule has 0 saturated carbocycles. The number of hydrogen-bond acceptors (Lipinski definition) is 6. The van der Waals surface area contributed by atoms with Gasteiger partial charge >= 0.3 is 0 Å². The lowest BCUT2D eigenvalue weighted by molar-refractivity contribution is -0.122. The first-order valence-corrected chi connectivity index (χ1v) is 15.2. The summed E-state index contributed by atoms with van der Waals surface area (Å²) in [5.74, 6) is -2.07. The third-order valence-electron chi connectivity index (χ3n) is 6.71. The number of carboxylic acid groups (broad SMARTS) is 1. The van der Waals surface area contributed by atoms with E-state index in [0.717, 1.165) is 30.2 Å². The lowest BCUT2D eigenvalue weighted by Gasteiger charge is -2.25. The number of halogens is 2. The summed E-state index contributed by atoms with van der Waals surface area (Å²) in [4.78, 5) is 21.5. The minimum absolute atomic E-state index is 0.0277. The van der Waals surface area contributed by atoms with E-state index < -0.39 is 44.8 Å². The maximum atomic E-state index is 13.8. The maximum absolute atomic E-state index is 13.8. The van der Waals surface area contributed by atoms with Crippen LogP contribution in [-0.2, 0) is 34.0 Å². The summed E-state index contributed by atoms with van der Waals surface area (Å²) in [7, 11) is -3.59. The minimum atomic E-state index is -3.59. The molecular weight excluding hydrogens is 578 g/mol. The van der Waals surface area contributed by atoms with Gasteiger partial charge in [0.15, 0.2) is 9.84 Å². The molecular formula is C32H38F2N2O6S. The topological polar surface area (TPSA) is 133 Å². The number of rotatable bonds is 14. The second-order valence-corrected chi connectivity index (χ2v) is 12.3. The van der Waals surface area contributed by atoms with Gasteiger partial charge in [-0.05, 0) is 79.3 Å². The number of nitrogens with one attached hydrogen (secondary N) is 2. The first-order valence-electron chi connectivity index (χ1n) is 13.7. The second kappa shape index (κ2) is 17.3. The summed E-state index contributed by atoms with van der Waals surface area (Å²) < 4.78 is 53.1. The van der Waals surface area contributed by atoms with Crippen LogP contribution in [0.4, 0.5) is 8.78 Å². The van der Waals surface area contributed by atoms with Gasteiger partial charge in [0.2, 0.25) is 0 Å². The Hall–Kier alpha value is -3.93. The highest BCUT2D eigenvalue weighted by molar-refractivity contribution is 7.92. The lowest BCUT2D eigenvalue weighted by Crippen LogP contribution is -2.48. The van der Waals surface area contributed by atoms with Gasteiger partial charge in [-0.15, -0.1) is 6.58 Å². The zero-order chi connectivity index (χ0) is 32.0. The first kappa shape index (κ1) is 35.3. The van der Waals surface area contributed by atoms with Crippen molar-refractivity contribution in [1.29, 1.82) is 0 Å². The Morgan fingerprint density at radius 3 is 2.19 bits per heavy atom. The molecule has 1 amide bonds. The second-order valence-electron chi connectivity index (χ2n) is 9.94. The largest absolute Gasteiger partial charge is 0.483 e. The van der Waals surface area contributed by atoms with Crippen LogP contribution in [0.1, 0.15) is 47.3 Å². The molecule has 0 radical (unpaired) electrons. The van der Waals surface area contributed by atoms with Gasteiger partial charge in [0.05, 0.1) is 22.3 Å². The Labute approximate surface area is 251 Å². The van der Waals surface area contributed by atoms with Gasteiger partial charge in [-0.3, -0.25) is 9.59 Å². The van der Waals surface area contributed by atoms with E-state index in [1.807, 2.05) is 18.2 Å². The molecule has 0 aromatic heterocycles. The zero-order valence-electron chi connectivity index (χ0n) is 24.2. The number of aliphatic hydroxyl groups excluding tert-OH is 1. The average Bonchev–Trinajstić information content (AvgIpc) is 2.97. The molecule has 0 saturated heterocycles. The Balaban J connectivity index is 0.00000206. The number of carbonyl (C=O) groups excluding carboxylic acids is 1. The van der Waals surface area contributed by atoms with Crippen LogP contribution < -0.4 is 10.6 Å². The summed E-state index contributed by atoms with van der Waals surface area (Å²) in [5.41, 5.74) is 2.68. The Bertz CT molecular complexity index is 1440. The third kappa shape index (κ3) is 11.0. The fourth-order valence-corrected chi connectivity index (χ4v) is 5.74. The highest BCUT2D eigenvalue weighted by Crippen LogP contribution is 2.20. The SMILES string of the molecule is C=CCC(C)S(=O)(=O)c1ccc(C(=O)N[C@@H](Cc2cc(F)cc(F)c2)[C@H](O)CNCc2cccc(CC)c2)cc1.O=CO. The van der Waals surface area contributed by atoms with Crippen LogP contribution >= 0.6 is 0 Å². The van der Waals surface area contributed by atoms with Gasteiger partial charge in [-0.25, -0.2) is 17.2 Å². The monoisotopic (exact) mass is 616 g/mol. The van der Waals surface area contributed by atoms with E-state index in [-0.39, 0.29) is 35.5 Å². The maximum Gasteiger partial charge on any atom is 0.290 e. The highest BCUT2D eigenvalue weighted by Gasteiger charge is 2.25. The van der Waals surface area contributed by atoms with Crippen molar-refractivity contribution in [2.24, 2.45) is 0 Å². The van der Waals surface area contributed by atoms with E-state index in [1.54, 1.807) is 6.92 Å². The molecule has 3 atom stereocenters. The Morgan fingerprint density at radius 2 is 1.60 bits per heavy atom. The summed E-state index contributed by atoms with van der Waals surface area (Å²) >= 11 is 0. The van der Waals surface area contributed by atoms with Gasteiger partial charge < -0.3 is 20.8 Å². The molecule has 0 aliphatic rings. The standard InChI is InChI=1S/C31H36F2N2O4S.CH2O2/c1-4-7-21(3)40(38,39)28-12-10-25(11-13-28)31(37)35-29(17-24-15-26(32)18-27(33)16-24)30(36)20-34-19-23-9-6-8-22(5-2)14-23;2-1-3/h4,6,8-16,18,21,29-30,34,36H,1,5,7,17,19-20H2,2-3H3,(H,35,37);1H,(H,2,3)/t21?,29-,30+;/m0./s1. The number of aryl methyl sites for hydroxylation is 1. The predicted octanol–water partition coefficient (Wildman–Crippen LogP) is 4.46. The van der Waals surface area contributed by atoms with Crippen LogP contribution in [0.5, 0.6) is 0 Å². The smallest absolute Gasteiger partial charge is 0.290 e. The molecule has 11 heteroatoms. The fourth-order valence-electron chi connectivity index (χ4n) is 4.37. The van der Waals surface area contributed by atoms with Gasteiger partial charge in [0, 0.05) is 24.7 Å². The fraction of sp³-hybridized carbons (Fsp3) is 0.312. The van der Waals surface area contributed by atoms with Crippen molar-refractivity contribution in [1.82, 2.24) is 10.6 Å². The van der Waals surface area contributed by atoms with Crippen molar-refractivity contribution < 1.29 is 37.0 Å². The van der Waals surface area contributed by atoms with Crippen LogP contribution in [0, 0.1) is 11.6 Å². The predicted molar refractivity (Wildman–Crippen MR) is 161 cm³/mol. The van der Waals surface area contributed by atoms with Crippen LogP contribution in [0.25, 0.3) is 0 Å². The minimum Gasteiger partial charge on any atom is -0.483 e. The number of sulfone groups is 1. The first-order chi connectivity index (χ1) is 20.4. The number of aliphatic hydroxyl groups is 1. The molecule has 8 nitrogen and oxygen atoms in total.